The van der Waals surface area contributed by atoms with E-state index in [0.29, 0.717) is 6.04 Å². The molecule has 108 valence electrons. The highest BCUT2D eigenvalue weighted by molar-refractivity contribution is 5.31. The van der Waals surface area contributed by atoms with E-state index < -0.39 is 0 Å². The van der Waals surface area contributed by atoms with Gasteiger partial charge in [0.2, 0.25) is 0 Å². The first kappa shape index (κ1) is 12.8. The first-order chi connectivity index (χ1) is 9.69. The molecular formula is C18H26N2. The molecule has 0 heterocycles. The summed E-state index contributed by atoms with van der Waals surface area (Å²) in [6.07, 6.45) is 5.59. The lowest BCUT2D eigenvalue weighted by Gasteiger charge is -2.20. The number of nitrogens with two attached hydrogens (primary N) is 1. The van der Waals surface area contributed by atoms with Gasteiger partial charge in [-0.1, -0.05) is 18.2 Å². The smallest absolute Gasteiger partial charge is 0.0284 e. The quantitative estimate of drug-likeness (QED) is 0.652. The van der Waals surface area contributed by atoms with E-state index >= 15 is 0 Å². The number of hydrogen-bond donors (Lipinski definition) is 2. The van der Waals surface area contributed by atoms with Crippen molar-refractivity contribution in [2.75, 3.05) is 0 Å². The lowest BCUT2D eigenvalue weighted by atomic mass is 9.93. The van der Waals surface area contributed by atoms with Crippen LogP contribution in [0.2, 0.25) is 0 Å². The summed E-state index contributed by atoms with van der Waals surface area (Å²) in [4.78, 5) is 0. The first-order valence-corrected chi connectivity index (χ1v) is 8.21. The van der Waals surface area contributed by atoms with Gasteiger partial charge in [-0.3, -0.25) is 11.3 Å². The molecule has 5 unspecified atom stereocenters. The van der Waals surface area contributed by atoms with E-state index in [-0.39, 0.29) is 0 Å². The van der Waals surface area contributed by atoms with Crippen molar-refractivity contribution in [2.45, 2.75) is 45.6 Å². The summed E-state index contributed by atoms with van der Waals surface area (Å²) in [6.45, 7) is 4.39. The molecule has 2 nitrogen and oxygen atoms in total. The zero-order valence-corrected chi connectivity index (χ0v) is 12.6. The van der Waals surface area contributed by atoms with Crippen LogP contribution in [-0.2, 0) is 6.42 Å². The number of aryl methyl sites for hydroxylation is 2. The average Bonchev–Trinajstić information content (AvgIpc) is 2.87. The van der Waals surface area contributed by atoms with Crippen LogP contribution in [0.15, 0.2) is 18.2 Å². The number of hydrazine groups is 1. The van der Waals surface area contributed by atoms with Gasteiger partial charge in [0.05, 0.1) is 0 Å². The minimum Gasteiger partial charge on any atom is -0.271 e. The minimum absolute atomic E-state index is 0.482. The van der Waals surface area contributed by atoms with Crippen LogP contribution in [0.5, 0.6) is 0 Å². The van der Waals surface area contributed by atoms with Gasteiger partial charge in [0.25, 0.3) is 0 Å². The third kappa shape index (κ3) is 1.85. The highest BCUT2D eigenvalue weighted by Crippen LogP contribution is 2.70. The summed E-state index contributed by atoms with van der Waals surface area (Å²) in [5, 5.41) is 0. The number of rotatable bonds is 4. The standard InChI is InChI=1S/C18H26N2/c1-10-3-4-12(7-11(10)2)8-15(20-19)18-16-13-5-6-14(9-13)17(16)18/h3-4,7,13-18,20H,5-6,8-9,19H2,1-2H3. The second-order valence-corrected chi connectivity index (χ2v) is 7.46. The maximum Gasteiger partial charge on any atom is 0.0284 e. The zero-order chi connectivity index (χ0) is 13.9. The normalized spacial score (nSPS) is 38.9. The van der Waals surface area contributed by atoms with Gasteiger partial charge in [-0.15, -0.1) is 0 Å². The van der Waals surface area contributed by atoms with Crippen LogP contribution in [0.3, 0.4) is 0 Å². The van der Waals surface area contributed by atoms with E-state index in [1.807, 2.05) is 0 Å². The fourth-order valence-electron chi connectivity index (χ4n) is 5.42. The molecule has 20 heavy (non-hydrogen) atoms. The zero-order valence-electron chi connectivity index (χ0n) is 12.6. The minimum atomic E-state index is 0.482. The van der Waals surface area contributed by atoms with Crippen molar-refractivity contribution in [3.8, 4) is 0 Å². The second-order valence-electron chi connectivity index (χ2n) is 7.46. The Bertz CT molecular complexity index is 508. The molecule has 3 aliphatic rings. The summed E-state index contributed by atoms with van der Waals surface area (Å²) in [5.74, 6) is 10.8. The second kappa shape index (κ2) is 4.57. The molecule has 1 aromatic carbocycles. The molecule has 0 aliphatic heterocycles. The number of benzene rings is 1. The Morgan fingerprint density at radius 1 is 1.15 bits per heavy atom. The number of fused-ring (bicyclic) bond motifs is 5. The average molecular weight is 270 g/mol. The van der Waals surface area contributed by atoms with Gasteiger partial charge in [0.1, 0.15) is 0 Å². The van der Waals surface area contributed by atoms with Crippen LogP contribution < -0.4 is 11.3 Å². The Morgan fingerprint density at radius 2 is 1.85 bits per heavy atom. The molecule has 2 bridgehead atoms. The Labute approximate surface area is 122 Å². The summed E-state index contributed by atoms with van der Waals surface area (Å²) in [5.41, 5.74) is 7.36. The number of hydrogen-bond acceptors (Lipinski definition) is 2. The SMILES string of the molecule is Cc1ccc(CC(NN)C2C3C4CCC(C4)C32)cc1C. The van der Waals surface area contributed by atoms with Crippen LogP contribution in [0.25, 0.3) is 0 Å². The first-order valence-electron chi connectivity index (χ1n) is 8.21. The van der Waals surface area contributed by atoms with E-state index in [9.17, 15) is 0 Å². The highest BCUT2D eigenvalue weighted by Gasteiger charge is 2.66. The summed E-state index contributed by atoms with van der Waals surface area (Å²) in [6, 6.07) is 7.34. The van der Waals surface area contributed by atoms with Crippen LogP contribution in [0.1, 0.15) is 36.0 Å². The Hall–Kier alpha value is -0.860. The van der Waals surface area contributed by atoms with Gasteiger partial charge in [-0.2, -0.15) is 0 Å². The molecule has 5 atom stereocenters. The maximum atomic E-state index is 5.89. The van der Waals surface area contributed by atoms with E-state index in [1.54, 1.807) is 0 Å². The molecule has 4 rings (SSSR count). The predicted octanol–water partition coefficient (Wildman–Crippen LogP) is 2.97. The van der Waals surface area contributed by atoms with Gasteiger partial charge in [-0.25, -0.2) is 0 Å². The molecular weight excluding hydrogens is 244 g/mol. The summed E-state index contributed by atoms with van der Waals surface area (Å²) < 4.78 is 0. The van der Waals surface area contributed by atoms with E-state index in [0.717, 1.165) is 36.0 Å². The van der Waals surface area contributed by atoms with Gasteiger partial charge in [0.15, 0.2) is 0 Å². The van der Waals surface area contributed by atoms with E-state index in [4.69, 9.17) is 5.84 Å². The fourth-order valence-corrected chi connectivity index (χ4v) is 5.42. The molecule has 0 aromatic heterocycles. The molecule has 3 aliphatic carbocycles. The lowest BCUT2D eigenvalue weighted by molar-refractivity contribution is 0.365. The van der Waals surface area contributed by atoms with Crippen molar-refractivity contribution in [1.29, 1.82) is 0 Å². The third-order valence-electron chi connectivity index (χ3n) is 6.50. The van der Waals surface area contributed by atoms with Gasteiger partial charge in [-0.05, 0) is 85.8 Å². The topological polar surface area (TPSA) is 38.0 Å². The van der Waals surface area contributed by atoms with Crippen molar-refractivity contribution in [3.63, 3.8) is 0 Å². The van der Waals surface area contributed by atoms with Crippen molar-refractivity contribution in [1.82, 2.24) is 5.43 Å². The van der Waals surface area contributed by atoms with E-state index in [1.165, 1.54) is 36.0 Å². The monoisotopic (exact) mass is 270 g/mol. The Morgan fingerprint density at radius 3 is 2.45 bits per heavy atom. The molecule has 3 fully saturated rings. The largest absolute Gasteiger partial charge is 0.271 e. The van der Waals surface area contributed by atoms with Gasteiger partial charge < -0.3 is 0 Å². The van der Waals surface area contributed by atoms with Crippen molar-refractivity contribution >= 4 is 0 Å². The molecule has 0 radical (unpaired) electrons. The number of nitrogens with one attached hydrogen (secondary N) is 1. The van der Waals surface area contributed by atoms with Crippen molar-refractivity contribution < 1.29 is 0 Å². The molecule has 0 spiro atoms. The molecule has 0 saturated heterocycles. The molecule has 2 heteroatoms. The van der Waals surface area contributed by atoms with Crippen LogP contribution in [-0.4, -0.2) is 6.04 Å². The van der Waals surface area contributed by atoms with Crippen molar-refractivity contribution in [3.05, 3.63) is 34.9 Å². The molecule has 0 amide bonds. The summed E-state index contributed by atoms with van der Waals surface area (Å²) >= 11 is 0. The van der Waals surface area contributed by atoms with Crippen LogP contribution in [0.4, 0.5) is 0 Å². The Kier molecular flexibility index (Phi) is 2.94. The fraction of sp³-hybridized carbons (Fsp3) is 0.667. The summed E-state index contributed by atoms with van der Waals surface area (Å²) in [7, 11) is 0. The third-order valence-corrected chi connectivity index (χ3v) is 6.50. The van der Waals surface area contributed by atoms with Crippen LogP contribution in [0, 0.1) is 43.4 Å². The van der Waals surface area contributed by atoms with Gasteiger partial charge >= 0.3 is 0 Å². The molecule has 1 aromatic rings. The molecule has 3 N–H and O–H groups in total. The Balaban J connectivity index is 1.48. The van der Waals surface area contributed by atoms with Crippen molar-refractivity contribution in [2.24, 2.45) is 35.4 Å². The van der Waals surface area contributed by atoms with Gasteiger partial charge in [0, 0.05) is 6.04 Å². The highest BCUT2D eigenvalue weighted by atomic mass is 15.2. The lowest BCUT2D eigenvalue weighted by Crippen LogP contribution is -2.40. The predicted molar refractivity (Wildman–Crippen MR) is 82.0 cm³/mol. The maximum absolute atomic E-state index is 5.89. The molecule has 3 saturated carbocycles. The van der Waals surface area contributed by atoms with Crippen LogP contribution >= 0.6 is 0 Å². The van der Waals surface area contributed by atoms with E-state index in [2.05, 4.69) is 37.5 Å².